The fourth-order valence-corrected chi connectivity index (χ4v) is 3.30. The first-order chi connectivity index (χ1) is 9.70. The molecule has 3 nitrogen and oxygen atoms in total. The zero-order valence-electron chi connectivity index (χ0n) is 11.8. The molecule has 2 rings (SSSR count). The van der Waals surface area contributed by atoms with Crippen molar-refractivity contribution in [3.63, 3.8) is 0 Å². The monoisotopic (exact) mass is 312 g/mol. The molecule has 0 bridgehead atoms. The van der Waals surface area contributed by atoms with E-state index >= 15 is 0 Å². The molecule has 1 fully saturated rings. The van der Waals surface area contributed by atoms with Gasteiger partial charge in [-0.25, -0.2) is 0 Å². The zero-order chi connectivity index (χ0) is 14.4. The molecule has 1 N–H and O–H groups in total. The Morgan fingerprint density at radius 3 is 2.85 bits per heavy atom. The molecule has 0 saturated carbocycles. The number of nitrogens with zero attached hydrogens (tertiary/aromatic N) is 1. The van der Waals surface area contributed by atoms with Gasteiger partial charge in [0.1, 0.15) is 0 Å². The van der Waals surface area contributed by atoms with Gasteiger partial charge in [0.05, 0.1) is 6.54 Å². The van der Waals surface area contributed by atoms with E-state index in [1.54, 1.807) is 11.8 Å². The lowest BCUT2D eigenvalue weighted by molar-refractivity contribution is 0.0918. The molecule has 20 heavy (non-hydrogen) atoms. The SMILES string of the molecule is CCCSc1ccc(Cl)cc1C(=O)CN1CCNCC1. The van der Waals surface area contributed by atoms with Gasteiger partial charge in [0, 0.05) is 41.7 Å². The summed E-state index contributed by atoms with van der Waals surface area (Å²) in [6.45, 7) is 6.42. The van der Waals surface area contributed by atoms with Crippen molar-refractivity contribution in [3.05, 3.63) is 28.8 Å². The van der Waals surface area contributed by atoms with Crippen LogP contribution < -0.4 is 5.32 Å². The van der Waals surface area contributed by atoms with Crippen molar-refractivity contribution in [1.29, 1.82) is 0 Å². The Bertz CT molecular complexity index is 461. The number of benzene rings is 1. The number of ketones is 1. The summed E-state index contributed by atoms with van der Waals surface area (Å²) in [5.41, 5.74) is 0.773. The van der Waals surface area contributed by atoms with Gasteiger partial charge in [-0.2, -0.15) is 0 Å². The minimum atomic E-state index is 0.174. The minimum absolute atomic E-state index is 0.174. The van der Waals surface area contributed by atoms with Crippen LogP contribution >= 0.6 is 23.4 Å². The van der Waals surface area contributed by atoms with Crippen LogP contribution in [0.15, 0.2) is 23.1 Å². The summed E-state index contributed by atoms with van der Waals surface area (Å²) in [6.07, 6.45) is 1.10. The normalized spacial score (nSPS) is 16.3. The van der Waals surface area contributed by atoms with E-state index in [1.807, 2.05) is 18.2 Å². The highest BCUT2D eigenvalue weighted by Gasteiger charge is 2.17. The minimum Gasteiger partial charge on any atom is -0.314 e. The lowest BCUT2D eigenvalue weighted by atomic mass is 10.1. The Hall–Kier alpha value is -0.550. The molecule has 0 spiro atoms. The molecule has 110 valence electrons. The molecular weight excluding hydrogens is 292 g/mol. The molecule has 0 radical (unpaired) electrons. The van der Waals surface area contributed by atoms with Crippen molar-refractivity contribution < 1.29 is 4.79 Å². The van der Waals surface area contributed by atoms with Gasteiger partial charge in [-0.1, -0.05) is 18.5 Å². The maximum absolute atomic E-state index is 12.5. The van der Waals surface area contributed by atoms with Crippen molar-refractivity contribution in [2.75, 3.05) is 38.5 Å². The molecule has 5 heteroatoms. The molecule has 1 aliphatic heterocycles. The maximum Gasteiger partial charge on any atom is 0.177 e. The van der Waals surface area contributed by atoms with Crippen molar-refractivity contribution in [2.45, 2.75) is 18.2 Å². The predicted molar refractivity (Wildman–Crippen MR) is 86.1 cm³/mol. The zero-order valence-corrected chi connectivity index (χ0v) is 13.4. The van der Waals surface area contributed by atoms with Crippen molar-refractivity contribution >= 4 is 29.1 Å². The van der Waals surface area contributed by atoms with E-state index in [0.29, 0.717) is 11.6 Å². The average Bonchev–Trinajstić information content (AvgIpc) is 2.47. The smallest absolute Gasteiger partial charge is 0.177 e. The van der Waals surface area contributed by atoms with E-state index < -0.39 is 0 Å². The standard InChI is InChI=1S/C15H21ClN2OS/c1-2-9-20-15-4-3-12(16)10-13(15)14(19)11-18-7-5-17-6-8-18/h3-4,10,17H,2,5-9,11H2,1H3. The summed E-state index contributed by atoms with van der Waals surface area (Å²) in [5, 5.41) is 3.93. The second kappa shape index (κ2) is 8.03. The number of halogens is 1. The number of hydrogen-bond donors (Lipinski definition) is 1. The van der Waals surface area contributed by atoms with Gasteiger partial charge >= 0.3 is 0 Å². The lowest BCUT2D eigenvalue weighted by Gasteiger charge is -2.26. The molecule has 0 unspecified atom stereocenters. The Balaban J connectivity index is 2.08. The van der Waals surface area contributed by atoms with E-state index in [0.717, 1.165) is 48.8 Å². The molecule has 1 saturated heterocycles. The number of hydrogen-bond acceptors (Lipinski definition) is 4. The highest BCUT2D eigenvalue weighted by Crippen LogP contribution is 2.27. The summed E-state index contributed by atoms with van der Waals surface area (Å²) >= 11 is 7.79. The fourth-order valence-electron chi connectivity index (χ4n) is 2.22. The van der Waals surface area contributed by atoms with Crippen LogP contribution in [0.3, 0.4) is 0 Å². The first-order valence-electron chi connectivity index (χ1n) is 7.09. The van der Waals surface area contributed by atoms with Gasteiger partial charge in [-0.05, 0) is 30.4 Å². The lowest BCUT2D eigenvalue weighted by Crippen LogP contribution is -2.45. The van der Waals surface area contributed by atoms with E-state index in [-0.39, 0.29) is 5.78 Å². The highest BCUT2D eigenvalue weighted by atomic mass is 35.5. The molecule has 0 aliphatic carbocycles. The average molecular weight is 313 g/mol. The maximum atomic E-state index is 12.5. The number of piperazine rings is 1. The number of Topliss-reactive ketones (excluding diaryl/α,β-unsaturated/α-hetero) is 1. The number of carbonyl (C=O) groups is 1. The van der Waals surface area contributed by atoms with Crippen LogP contribution in [0.25, 0.3) is 0 Å². The van der Waals surface area contributed by atoms with Crippen molar-refractivity contribution in [1.82, 2.24) is 10.2 Å². The first-order valence-corrected chi connectivity index (χ1v) is 8.45. The molecule has 0 atom stereocenters. The summed E-state index contributed by atoms with van der Waals surface area (Å²) in [7, 11) is 0. The Morgan fingerprint density at radius 1 is 1.40 bits per heavy atom. The summed E-state index contributed by atoms with van der Waals surface area (Å²) in [4.78, 5) is 15.8. The summed E-state index contributed by atoms with van der Waals surface area (Å²) < 4.78 is 0. The van der Waals surface area contributed by atoms with E-state index in [2.05, 4.69) is 17.1 Å². The quantitative estimate of drug-likeness (QED) is 0.646. The van der Waals surface area contributed by atoms with Gasteiger partial charge in [0.25, 0.3) is 0 Å². The van der Waals surface area contributed by atoms with Gasteiger partial charge in [0.15, 0.2) is 5.78 Å². The molecule has 0 aromatic heterocycles. The van der Waals surface area contributed by atoms with Gasteiger partial charge in [-0.3, -0.25) is 9.69 Å². The van der Waals surface area contributed by atoms with Crippen LogP contribution in [0.5, 0.6) is 0 Å². The topological polar surface area (TPSA) is 32.3 Å². The fraction of sp³-hybridized carbons (Fsp3) is 0.533. The molecule has 1 heterocycles. The van der Waals surface area contributed by atoms with Crippen LogP contribution in [-0.4, -0.2) is 49.2 Å². The highest BCUT2D eigenvalue weighted by molar-refractivity contribution is 7.99. The molecule has 1 aromatic rings. The molecule has 1 aliphatic rings. The molecule has 0 amide bonds. The van der Waals surface area contributed by atoms with Crippen molar-refractivity contribution in [2.24, 2.45) is 0 Å². The Morgan fingerprint density at radius 2 is 2.15 bits per heavy atom. The van der Waals surface area contributed by atoms with Crippen LogP contribution in [0.2, 0.25) is 5.02 Å². The number of nitrogens with one attached hydrogen (secondary N) is 1. The van der Waals surface area contributed by atoms with E-state index in [4.69, 9.17) is 11.6 Å². The number of rotatable bonds is 6. The third kappa shape index (κ3) is 4.48. The number of thioether (sulfide) groups is 1. The van der Waals surface area contributed by atoms with Crippen LogP contribution in [0.4, 0.5) is 0 Å². The third-order valence-corrected chi connectivity index (χ3v) is 4.80. The van der Waals surface area contributed by atoms with Gasteiger partial charge < -0.3 is 5.32 Å². The van der Waals surface area contributed by atoms with Crippen LogP contribution in [0, 0.1) is 0 Å². The van der Waals surface area contributed by atoms with E-state index in [1.165, 1.54) is 0 Å². The second-order valence-electron chi connectivity index (χ2n) is 4.94. The second-order valence-corrected chi connectivity index (χ2v) is 6.51. The number of carbonyl (C=O) groups excluding carboxylic acids is 1. The third-order valence-electron chi connectivity index (χ3n) is 3.28. The first kappa shape index (κ1) is 15.8. The Labute approximate surface area is 130 Å². The summed E-state index contributed by atoms with van der Waals surface area (Å²) in [5.74, 6) is 1.20. The summed E-state index contributed by atoms with van der Waals surface area (Å²) in [6, 6.07) is 5.64. The largest absolute Gasteiger partial charge is 0.314 e. The van der Waals surface area contributed by atoms with Crippen LogP contribution in [-0.2, 0) is 0 Å². The van der Waals surface area contributed by atoms with Gasteiger partial charge in [0.2, 0.25) is 0 Å². The molecule has 1 aromatic carbocycles. The Kier molecular flexibility index (Phi) is 6.36. The molecular formula is C15H21ClN2OS. The van der Waals surface area contributed by atoms with E-state index in [9.17, 15) is 4.79 Å². The predicted octanol–water partition coefficient (Wildman–Crippen LogP) is 2.93. The van der Waals surface area contributed by atoms with Gasteiger partial charge in [-0.15, -0.1) is 11.8 Å². The van der Waals surface area contributed by atoms with Crippen LogP contribution in [0.1, 0.15) is 23.7 Å². The van der Waals surface area contributed by atoms with Crippen molar-refractivity contribution in [3.8, 4) is 0 Å².